The Hall–Kier alpha value is -4.64. The van der Waals surface area contributed by atoms with Crippen LogP contribution in [-0.2, 0) is 11.3 Å². The van der Waals surface area contributed by atoms with E-state index in [1.165, 1.54) is 28.8 Å². The van der Waals surface area contributed by atoms with Gasteiger partial charge in [-0.1, -0.05) is 38.6 Å². The molecule has 2 unspecified atom stereocenters. The monoisotopic (exact) mass is 630 g/mol. The minimum Gasteiger partial charge on any atom is -0.507 e. The fourth-order valence-corrected chi connectivity index (χ4v) is 6.38. The number of nitrogens with zero attached hydrogens (tertiary/aromatic N) is 6. The molecule has 0 aliphatic carbocycles. The molecule has 9 nitrogen and oxygen atoms in total. The lowest BCUT2D eigenvalue weighted by Crippen LogP contribution is -2.58. The Morgan fingerprint density at radius 1 is 1.11 bits per heavy atom. The zero-order chi connectivity index (χ0) is 33.6. The Labute approximate surface area is 267 Å². The maximum atomic E-state index is 16.1. The number of amides is 1. The fourth-order valence-electron chi connectivity index (χ4n) is 6.38. The molecule has 0 spiro atoms. The molecule has 0 radical (unpaired) electrons. The average Bonchev–Trinajstić information content (AvgIpc) is 2.98. The van der Waals surface area contributed by atoms with Crippen molar-refractivity contribution in [2.45, 2.75) is 59.2 Å². The standard InChI is InChI=1S/C35H40F2N6O3/c1-9-29(45)41-16-22(6)42(17-21(41)5)33-25-15-27(37)31(30-26(36)11-10-12-28(30)44)38-34(25)43(35(46)39-33)32-20(4)13-23(18-40(7)8)14-24(32)19(2)3/h9-15,19,21-22,44H,1,16-18H2,2-8H3. The SMILES string of the molecule is C=CC(=O)N1CC(C)N(c2nc(=O)n(-c3c(C)cc(CN(C)C)cc3C(C)C)c3nc(-c4c(O)cccc4F)c(F)cc23)CC1C. The Kier molecular flexibility index (Phi) is 8.99. The van der Waals surface area contributed by atoms with Crippen molar-refractivity contribution >= 4 is 22.8 Å². The van der Waals surface area contributed by atoms with E-state index < -0.39 is 34.3 Å². The van der Waals surface area contributed by atoms with Crippen molar-refractivity contribution in [2.24, 2.45) is 0 Å². The molecule has 3 heterocycles. The zero-order valence-electron chi connectivity index (χ0n) is 27.3. The van der Waals surface area contributed by atoms with E-state index in [0.29, 0.717) is 25.3 Å². The summed E-state index contributed by atoms with van der Waals surface area (Å²) < 4.78 is 32.5. The summed E-state index contributed by atoms with van der Waals surface area (Å²) in [4.78, 5) is 41.5. The number of carbonyl (C=O) groups is 1. The maximum absolute atomic E-state index is 16.1. The van der Waals surface area contributed by atoms with Crippen LogP contribution in [0.5, 0.6) is 5.75 Å². The molecule has 242 valence electrons. The second-order valence-corrected chi connectivity index (χ2v) is 12.7. The van der Waals surface area contributed by atoms with Gasteiger partial charge in [0.25, 0.3) is 0 Å². The number of pyridine rings is 1. The summed E-state index contributed by atoms with van der Waals surface area (Å²) >= 11 is 0. The van der Waals surface area contributed by atoms with E-state index in [-0.39, 0.29) is 40.8 Å². The van der Waals surface area contributed by atoms with E-state index in [2.05, 4.69) is 21.4 Å². The highest BCUT2D eigenvalue weighted by molar-refractivity contribution is 5.92. The normalized spacial score (nSPS) is 16.9. The lowest BCUT2D eigenvalue weighted by Gasteiger charge is -2.44. The van der Waals surface area contributed by atoms with Crippen LogP contribution in [0.4, 0.5) is 14.6 Å². The number of carbonyl (C=O) groups excluding carboxylic acids is 1. The number of hydrogen-bond acceptors (Lipinski definition) is 7. The summed E-state index contributed by atoms with van der Waals surface area (Å²) in [5, 5.41) is 10.8. The Balaban J connectivity index is 1.85. The van der Waals surface area contributed by atoms with Crippen molar-refractivity contribution < 1.29 is 18.7 Å². The Morgan fingerprint density at radius 3 is 2.46 bits per heavy atom. The van der Waals surface area contributed by atoms with Crippen LogP contribution >= 0.6 is 0 Å². The molecule has 1 aliphatic heterocycles. The number of aryl methyl sites for hydroxylation is 1. The lowest BCUT2D eigenvalue weighted by atomic mass is 9.94. The number of benzene rings is 2. The van der Waals surface area contributed by atoms with E-state index >= 15 is 8.78 Å². The highest BCUT2D eigenvalue weighted by Gasteiger charge is 2.34. The van der Waals surface area contributed by atoms with Gasteiger partial charge in [-0.2, -0.15) is 4.98 Å². The number of halogens is 2. The predicted octanol–water partition coefficient (Wildman–Crippen LogP) is 5.54. The molecule has 11 heteroatoms. The summed E-state index contributed by atoms with van der Waals surface area (Å²) in [5.74, 6) is -2.22. The van der Waals surface area contributed by atoms with Gasteiger partial charge in [0.2, 0.25) is 5.91 Å². The lowest BCUT2D eigenvalue weighted by molar-refractivity contribution is -0.128. The first-order valence-electron chi connectivity index (χ1n) is 15.3. The van der Waals surface area contributed by atoms with Gasteiger partial charge in [0.1, 0.15) is 23.1 Å². The van der Waals surface area contributed by atoms with E-state index in [9.17, 15) is 14.7 Å². The van der Waals surface area contributed by atoms with Crippen LogP contribution in [-0.4, -0.2) is 74.6 Å². The molecule has 1 fully saturated rings. The van der Waals surface area contributed by atoms with Crippen molar-refractivity contribution in [1.29, 1.82) is 0 Å². The van der Waals surface area contributed by atoms with Crippen LogP contribution in [0.1, 0.15) is 50.3 Å². The highest BCUT2D eigenvalue weighted by atomic mass is 19.1. The molecule has 0 saturated carbocycles. The second-order valence-electron chi connectivity index (χ2n) is 12.7. The number of rotatable bonds is 7. The van der Waals surface area contributed by atoms with Crippen molar-refractivity contribution in [2.75, 3.05) is 32.1 Å². The van der Waals surface area contributed by atoms with Crippen molar-refractivity contribution in [3.8, 4) is 22.7 Å². The van der Waals surface area contributed by atoms with Gasteiger partial charge in [-0.05, 0) is 81.7 Å². The number of aromatic hydroxyl groups is 1. The number of hydrogen-bond donors (Lipinski definition) is 1. The van der Waals surface area contributed by atoms with Crippen LogP contribution in [0, 0.1) is 18.6 Å². The maximum Gasteiger partial charge on any atom is 0.355 e. The van der Waals surface area contributed by atoms with Gasteiger partial charge in [-0.25, -0.2) is 23.1 Å². The molecule has 1 saturated heterocycles. The largest absolute Gasteiger partial charge is 0.507 e. The molecular weight excluding hydrogens is 590 g/mol. The van der Waals surface area contributed by atoms with Gasteiger partial charge < -0.3 is 19.8 Å². The topological polar surface area (TPSA) is 94.8 Å². The molecule has 2 aromatic carbocycles. The first-order valence-corrected chi connectivity index (χ1v) is 15.3. The molecule has 4 aromatic rings. The van der Waals surface area contributed by atoms with Crippen molar-refractivity contribution in [3.05, 3.63) is 87.9 Å². The third-order valence-corrected chi connectivity index (χ3v) is 8.48. The fraction of sp³-hybridized carbons (Fsp3) is 0.371. The van der Waals surface area contributed by atoms with Gasteiger partial charge in [-0.15, -0.1) is 0 Å². The number of fused-ring (bicyclic) bond motifs is 1. The number of piperazine rings is 1. The quantitative estimate of drug-likeness (QED) is 0.268. The van der Waals surface area contributed by atoms with Crippen molar-refractivity contribution in [1.82, 2.24) is 24.3 Å². The summed E-state index contributed by atoms with van der Waals surface area (Å²) in [6.45, 7) is 14.7. The van der Waals surface area contributed by atoms with Gasteiger partial charge in [-0.3, -0.25) is 4.79 Å². The van der Waals surface area contributed by atoms with Crippen LogP contribution in [0.25, 0.3) is 28.0 Å². The average molecular weight is 631 g/mol. The Bertz CT molecular complexity index is 1880. The van der Waals surface area contributed by atoms with E-state index in [1.807, 2.05) is 65.7 Å². The minimum atomic E-state index is -0.885. The highest BCUT2D eigenvalue weighted by Crippen LogP contribution is 2.37. The molecule has 5 rings (SSSR count). The molecule has 1 N–H and O–H groups in total. The first kappa shape index (κ1) is 32.7. The number of phenols is 1. The van der Waals surface area contributed by atoms with Crippen LogP contribution in [0.3, 0.4) is 0 Å². The number of anilines is 1. The molecule has 0 bridgehead atoms. The molecule has 46 heavy (non-hydrogen) atoms. The van der Waals surface area contributed by atoms with Gasteiger partial charge >= 0.3 is 5.69 Å². The smallest absolute Gasteiger partial charge is 0.355 e. The molecule has 1 aliphatic rings. The molecule has 2 atom stereocenters. The molecular formula is C35H40F2N6O3. The second kappa shape index (κ2) is 12.6. The van der Waals surface area contributed by atoms with Gasteiger partial charge in [0, 0.05) is 31.7 Å². The number of aromatic nitrogens is 3. The van der Waals surface area contributed by atoms with E-state index in [4.69, 9.17) is 0 Å². The van der Waals surface area contributed by atoms with E-state index in [0.717, 1.165) is 22.8 Å². The zero-order valence-corrected chi connectivity index (χ0v) is 27.3. The molecule has 1 amide bonds. The summed E-state index contributed by atoms with van der Waals surface area (Å²) in [6, 6.07) is 8.39. The van der Waals surface area contributed by atoms with Crippen LogP contribution < -0.4 is 10.6 Å². The van der Waals surface area contributed by atoms with Gasteiger partial charge in [0.15, 0.2) is 11.5 Å². The third-order valence-electron chi connectivity index (χ3n) is 8.48. The Morgan fingerprint density at radius 2 is 1.83 bits per heavy atom. The first-order chi connectivity index (χ1) is 21.7. The van der Waals surface area contributed by atoms with Crippen LogP contribution in [0.15, 0.2) is 53.8 Å². The third kappa shape index (κ3) is 5.87. The van der Waals surface area contributed by atoms with Gasteiger partial charge in [0.05, 0.1) is 16.6 Å². The molecule has 2 aromatic heterocycles. The van der Waals surface area contributed by atoms with E-state index in [1.54, 1.807) is 4.90 Å². The summed E-state index contributed by atoms with van der Waals surface area (Å²) in [5.41, 5.74) is 1.89. The summed E-state index contributed by atoms with van der Waals surface area (Å²) in [7, 11) is 3.96. The summed E-state index contributed by atoms with van der Waals surface area (Å²) in [6.07, 6.45) is 1.27. The minimum absolute atomic E-state index is 0.00989. The predicted molar refractivity (Wildman–Crippen MR) is 177 cm³/mol. The number of phenolic OH excluding ortho intramolecular Hbond substituents is 1. The van der Waals surface area contributed by atoms with Crippen molar-refractivity contribution in [3.63, 3.8) is 0 Å². The van der Waals surface area contributed by atoms with Crippen LogP contribution in [0.2, 0.25) is 0 Å².